The number of hydrogen-bond acceptors (Lipinski definition) is 3. The Labute approximate surface area is 142 Å². The van der Waals surface area contributed by atoms with Crippen molar-refractivity contribution in [1.29, 1.82) is 0 Å². The number of rotatable bonds is 6. The highest BCUT2D eigenvalue weighted by atomic mass is 32.1. The van der Waals surface area contributed by atoms with Crippen LogP contribution in [0.2, 0.25) is 0 Å². The van der Waals surface area contributed by atoms with E-state index in [4.69, 9.17) is 0 Å². The van der Waals surface area contributed by atoms with E-state index in [-0.39, 0.29) is 11.9 Å². The lowest BCUT2D eigenvalue weighted by Crippen LogP contribution is -2.40. The lowest BCUT2D eigenvalue weighted by molar-refractivity contribution is -0.123. The second kappa shape index (κ2) is 7.75. The van der Waals surface area contributed by atoms with E-state index in [2.05, 4.69) is 40.7 Å². The average molecular weight is 328 g/mol. The van der Waals surface area contributed by atoms with Crippen LogP contribution in [0.25, 0.3) is 0 Å². The first-order chi connectivity index (χ1) is 11.3. The molecule has 0 spiro atoms. The van der Waals surface area contributed by atoms with Crippen molar-refractivity contribution in [2.24, 2.45) is 0 Å². The predicted molar refractivity (Wildman–Crippen MR) is 95.5 cm³/mol. The second-order valence-electron chi connectivity index (χ2n) is 6.15. The highest BCUT2D eigenvalue weighted by Gasteiger charge is 2.20. The normalized spacial score (nSPS) is 15.9. The molecule has 4 heteroatoms. The Morgan fingerprint density at radius 2 is 2.13 bits per heavy atom. The van der Waals surface area contributed by atoms with Gasteiger partial charge in [0.1, 0.15) is 0 Å². The summed E-state index contributed by atoms with van der Waals surface area (Å²) in [5, 5.41) is 5.38. The maximum atomic E-state index is 12.5. The summed E-state index contributed by atoms with van der Waals surface area (Å²) in [5.74, 6) is 0.131. The lowest BCUT2D eigenvalue weighted by atomic mass is 10.0. The van der Waals surface area contributed by atoms with Gasteiger partial charge < -0.3 is 5.32 Å². The highest BCUT2D eigenvalue weighted by Crippen LogP contribution is 2.24. The molecular formula is C19H24N2OS. The molecule has 0 bridgehead atoms. The van der Waals surface area contributed by atoms with Crippen molar-refractivity contribution in [2.75, 3.05) is 13.1 Å². The Balaban J connectivity index is 1.57. The quantitative estimate of drug-likeness (QED) is 0.875. The Hall–Kier alpha value is -1.65. The molecule has 0 saturated carbocycles. The molecule has 1 unspecified atom stereocenters. The molecule has 2 aromatic rings. The van der Waals surface area contributed by atoms with Crippen LogP contribution < -0.4 is 5.32 Å². The molecular weight excluding hydrogens is 304 g/mol. The molecule has 1 N–H and O–H groups in total. The molecule has 2 heterocycles. The number of nitrogens with zero attached hydrogens (tertiary/aromatic N) is 1. The number of carbonyl (C=O) groups excluding carboxylic acids is 1. The molecule has 0 saturated heterocycles. The SMILES string of the molecule is CCCC(NC(=O)CN1CCc2sccc2C1)c1ccccc1. The highest BCUT2D eigenvalue weighted by molar-refractivity contribution is 7.10. The van der Waals surface area contributed by atoms with Gasteiger partial charge in [0, 0.05) is 18.0 Å². The fourth-order valence-electron chi connectivity index (χ4n) is 3.18. The van der Waals surface area contributed by atoms with E-state index in [0.29, 0.717) is 6.54 Å². The second-order valence-corrected chi connectivity index (χ2v) is 7.15. The molecule has 1 aliphatic rings. The van der Waals surface area contributed by atoms with Gasteiger partial charge in [0.15, 0.2) is 0 Å². The first-order valence-electron chi connectivity index (χ1n) is 8.38. The van der Waals surface area contributed by atoms with Crippen LogP contribution in [0, 0.1) is 0 Å². The maximum absolute atomic E-state index is 12.5. The number of fused-ring (bicyclic) bond motifs is 1. The third kappa shape index (κ3) is 4.21. The van der Waals surface area contributed by atoms with Gasteiger partial charge in [-0.05, 0) is 35.4 Å². The number of carbonyl (C=O) groups is 1. The summed E-state index contributed by atoms with van der Waals surface area (Å²) >= 11 is 1.83. The molecule has 0 aliphatic carbocycles. The molecule has 1 aromatic carbocycles. The van der Waals surface area contributed by atoms with Crippen LogP contribution in [0.3, 0.4) is 0 Å². The summed E-state index contributed by atoms with van der Waals surface area (Å²) in [6, 6.07) is 12.6. The monoisotopic (exact) mass is 328 g/mol. The molecule has 1 amide bonds. The van der Waals surface area contributed by atoms with E-state index in [0.717, 1.165) is 32.4 Å². The zero-order valence-corrected chi connectivity index (χ0v) is 14.4. The van der Waals surface area contributed by atoms with Crippen LogP contribution in [-0.2, 0) is 17.8 Å². The maximum Gasteiger partial charge on any atom is 0.234 e. The van der Waals surface area contributed by atoms with E-state index in [1.165, 1.54) is 16.0 Å². The van der Waals surface area contributed by atoms with Crippen molar-refractivity contribution in [1.82, 2.24) is 10.2 Å². The summed E-state index contributed by atoms with van der Waals surface area (Å²) in [5.41, 5.74) is 2.59. The van der Waals surface area contributed by atoms with Gasteiger partial charge >= 0.3 is 0 Å². The van der Waals surface area contributed by atoms with Gasteiger partial charge in [0.25, 0.3) is 0 Å². The van der Waals surface area contributed by atoms with Crippen molar-refractivity contribution >= 4 is 17.2 Å². The van der Waals surface area contributed by atoms with Gasteiger partial charge in [-0.15, -0.1) is 11.3 Å². The molecule has 122 valence electrons. The van der Waals surface area contributed by atoms with Crippen molar-refractivity contribution in [3.63, 3.8) is 0 Å². The van der Waals surface area contributed by atoms with Crippen LogP contribution in [0.1, 0.15) is 41.8 Å². The van der Waals surface area contributed by atoms with E-state index in [9.17, 15) is 4.79 Å². The molecule has 1 aromatic heterocycles. The Morgan fingerprint density at radius 3 is 2.91 bits per heavy atom. The standard InChI is InChI=1S/C19H24N2OS/c1-2-6-17(15-7-4-3-5-8-15)20-19(22)14-21-11-9-18-16(13-21)10-12-23-18/h3-5,7-8,10,12,17H,2,6,9,11,13-14H2,1H3,(H,20,22). The van der Waals surface area contributed by atoms with E-state index >= 15 is 0 Å². The van der Waals surface area contributed by atoms with E-state index < -0.39 is 0 Å². The minimum atomic E-state index is 0.121. The number of benzene rings is 1. The largest absolute Gasteiger partial charge is 0.348 e. The number of amides is 1. The molecule has 3 rings (SSSR count). The first-order valence-corrected chi connectivity index (χ1v) is 9.26. The number of nitrogens with one attached hydrogen (secondary N) is 1. The first kappa shape index (κ1) is 16.2. The molecule has 0 fully saturated rings. The van der Waals surface area contributed by atoms with E-state index in [1.54, 1.807) is 0 Å². The van der Waals surface area contributed by atoms with Crippen LogP contribution in [0.4, 0.5) is 0 Å². The minimum Gasteiger partial charge on any atom is -0.348 e. The Kier molecular flexibility index (Phi) is 5.47. The average Bonchev–Trinajstić information content (AvgIpc) is 3.03. The summed E-state index contributed by atoms with van der Waals surface area (Å²) in [7, 11) is 0. The van der Waals surface area contributed by atoms with Gasteiger partial charge in [-0.1, -0.05) is 43.7 Å². The summed E-state index contributed by atoms with van der Waals surface area (Å²) in [6.45, 7) is 4.52. The van der Waals surface area contributed by atoms with Crippen LogP contribution in [-0.4, -0.2) is 23.9 Å². The van der Waals surface area contributed by atoms with Gasteiger partial charge in [0.2, 0.25) is 5.91 Å². The smallest absolute Gasteiger partial charge is 0.234 e. The Morgan fingerprint density at radius 1 is 1.30 bits per heavy atom. The molecule has 1 atom stereocenters. The van der Waals surface area contributed by atoms with Crippen molar-refractivity contribution in [2.45, 2.75) is 38.8 Å². The summed E-state index contributed by atoms with van der Waals surface area (Å²) in [6.07, 6.45) is 3.10. The Bertz CT molecular complexity index is 638. The van der Waals surface area contributed by atoms with E-state index in [1.807, 2.05) is 29.5 Å². The minimum absolute atomic E-state index is 0.121. The van der Waals surface area contributed by atoms with Gasteiger partial charge in [-0.25, -0.2) is 0 Å². The molecule has 3 nitrogen and oxygen atoms in total. The summed E-state index contributed by atoms with van der Waals surface area (Å²) < 4.78 is 0. The molecule has 0 radical (unpaired) electrons. The van der Waals surface area contributed by atoms with Crippen LogP contribution in [0.15, 0.2) is 41.8 Å². The third-order valence-corrected chi connectivity index (χ3v) is 5.39. The van der Waals surface area contributed by atoms with Crippen molar-refractivity contribution in [3.05, 3.63) is 57.8 Å². The fraction of sp³-hybridized carbons (Fsp3) is 0.421. The zero-order valence-electron chi connectivity index (χ0n) is 13.6. The number of hydrogen-bond donors (Lipinski definition) is 1. The lowest BCUT2D eigenvalue weighted by Gasteiger charge is -2.27. The van der Waals surface area contributed by atoms with Gasteiger partial charge in [0.05, 0.1) is 12.6 Å². The summed E-state index contributed by atoms with van der Waals surface area (Å²) in [4.78, 5) is 16.2. The topological polar surface area (TPSA) is 32.3 Å². The van der Waals surface area contributed by atoms with Crippen molar-refractivity contribution in [3.8, 4) is 0 Å². The van der Waals surface area contributed by atoms with Crippen LogP contribution in [0.5, 0.6) is 0 Å². The van der Waals surface area contributed by atoms with Crippen LogP contribution >= 0.6 is 11.3 Å². The zero-order chi connectivity index (χ0) is 16.1. The fourth-order valence-corrected chi connectivity index (χ4v) is 4.07. The molecule has 23 heavy (non-hydrogen) atoms. The number of thiophene rings is 1. The predicted octanol–water partition coefficient (Wildman–Crippen LogP) is 3.76. The molecule has 1 aliphatic heterocycles. The van der Waals surface area contributed by atoms with Gasteiger partial charge in [-0.3, -0.25) is 9.69 Å². The van der Waals surface area contributed by atoms with Gasteiger partial charge in [-0.2, -0.15) is 0 Å². The van der Waals surface area contributed by atoms with Crippen molar-refractivity contribution < 1.29 is 4.79 Å². The third-order valence-electron chi connectivity index (χ3n) is 4.37.